The average Bonchev–Trinajstić information content (AvgIpc) is 3.27. The minimum atomic E-state index is -0.738. The summed E-state index contributed by atoms with van der Waals surface area (Å²) in [7, 11) is 0. The lowest BCUT2D eigenvalue weighted by molar-refractivity contribution is 0.0996. The minimum absolute atomic E-state index is 0.0208. The van der Waals surface area contributed by atoms with Gasteiger partial charge in [0, 0.05) is 16.8 Å². The SMILES string of the molecule is CCOc1ccc(-c2nc(C(N)=O)c3nc(SC(=O)c4ccccc4)n(-c4ccccc4)c3n2)cc1. The zero-order chi connectivity index (χ0) is 25.1. The molecule has 0 atom stereocenters. The number of para-hydroxylation sites is 1. The summed E-state index contributed by atoms with van der Waals surface area (Å²) in [5.74, 6) is 0.283. The molecule has 5 rings (SSSR count). The molecule has 0 aliphatic heterocycles. The predicted molar refractivity (Wildman–Crippen MR) is 138 cm³/mol. The van der Waals surface area contributed by atoms with E-state index >= 15 is 0 Å². The fraction of sp³-hybridized carbons (Fsp3) is 0.0741. The van der Waals surface area contributed by atoms with Crippen LogP contribution in [0.3, 0.4) is 0 Å². The number of primary amides is 1. The number of amides is 1. The molecule has 0 aliphatic rings. The molecule has 5 aromatic rings. The van der Waals surface area contributed by atoms with Crippen molar-refractivity contribution in [2.45, 2.75) is 12.1 Å². The number of nitrogens with two attached hydrogens (primary N) is 1. The van der Waals surface area contributed by atoms with Crippen LogP contribution >= 0.6 is 11.8 Å². The quantitative estimate of drug-likeness (QED) is 0.319. The Morgan fingerprint density at radius 3 is 2.19 bits per heavy atom. The fourth-order valence-electron chi connectivity index (χ4n) is 3.70. The summed E-state index contributed by atoms with van der Waals surface area (Å²) < 4.78 is 7.26. The molecule has 0 spiro atoms. The maximum atomic E-state index is 13.0. The number of ether oxygens (including phenoxy) is 1. The summed E-state index contributed by atoms with van der Waals surface area (Å²) in [5.41, 5.74) is 8.23. The van der Waals surface area contributed by atoms with E-state index in [9.17, 15) is 9.59 Å². The molecular weight excluding hydrogens is 474 g/mol. The van der Waals surface area contributed by atoms with E-state index < -0.39 is 5.91 Å². The third-order valence-corrected chi connectivity index (χ3v) is 6.22. The third kappa shape index (κ3) is 4.56. The fourth-order valence-corrected chi connectivity index (χ4v) is 4.54. The van der Waals surface area contributed by atoms with E-state index in [0.717, 1.165) is 17.4 Å². The van der Waals surface area contributed by atoms with Crippen molar-refractivity contribution in [3.63, 3.8) is 0 Å². The van der Waals surface area contributed by atoms with Crippen molar-refractivity contribution >= 4 is 33.9 Å². The summed E-state index contributed by atoms with van der Waals surface area (Å²) in [6.07, 6.45) is 0. The highest BCUT2D eigenvalue weighted by atomic mass is 32.2. The summed E-state index contributed by atoms with van der Waals surface area (Å²) >= 11 is 0.950. The zero-order valence-electron chi connectivity index (χ0n) is 19.3. The van der Waals surface area contributed by atoms with Gasteiger partial charge in [0.25, 0.3) is 5.91 Å². The number of benzene rings is 3. The van der Waals surface area contributed by atoms with Crippen LogP contribution in [-0.2, 0) is 0 Å². The first kappa shape index (κ1) is 23.3. The smallest absolute Gasteiger partial charge is 0.269 e. The minimum Gasteiger partial charge on any atom is -0.494 e. The first-order valence-corrected chi connectivity index (χ1v) is 12.0. The van der Waals surface area contributed by atoms with Crippen LogP contribution in [0.15, 0.2) is 90.1 Å². The largest absolute Gasteiger partial charge is 0.494 e. The molecule has 1 amide bonds. The molecule has 0 bridgehead atoms. The Balaban J connectivity index is 1.70. The van der Waals surface area contributed by atoms with Gasteiger partial charge >= 0.3 is 0 Å². The van der Waals surface area contributed by atoms with Gasteiger partial charge in [-0.2, -0.15) is 0 Å². The molecule has 0 saturated heterocycles. The number of imidazole rings is 1. The van der Waals surface area contributed by atoms with Crippen LogP contribution < -0.4 is 10.5 Å². The standard InChI is InChI=1S/C27H21N5O3S/c1-2-35-20-15-13-17(14-16-20)24-29-21(23(28)33)22-25(31-24)32(19-11-7-4-8-12-19)27(30-22)36-26(34)18-9-5-3-6-10-18/h3-16H,2H2,1H3,(H2,28,33). The molecule has 36 heavy (non-hydrogen) atoms. The highest BCUT2D eigenvalue weighted by Gasteiger charge is 2.24. The van der Waals surface area contributed by atoms with Crippen molar-refractivity contribution < 1.29 is 14.3 Å². The van der Waals surface area contributed by atoms with Crippen molar-refractivity contribution in [1.82, 2.24) is 19.5 Å². The van der Waals surface area contributed by atoms with Gasteiger partial charge in [0.2, 0.25) is 5.12 Å². The molecule has 178 valence electrons. The van der Waals surface area contributed by atoms with Gasteiger partial charge in [-0.25, -0.2) is 15.0 Å². The van der Waals surface area contributed by atoms with Crippen LogP contribution in [0.5, 0.6) is 5.75 Å². The van der Waals surface area contributed by atoms with Crippen LogP contribution in [0.2, 0.25) is 0 Å². The Morgan fingerprint density at radius 1 is 0.889 bits per heavy atom. The number of carbonyl (C=O) groups is 2. The zero-order valence-corrected chi connectivity index (χ0v) is 20.1. The molecule has 2 heterocycles. The first-order chi connectivity index (χ1) is 17.5. The molecule has 9 heteroatoms. The van der Waals surface area contributed by atoms with Crippen molar-refractivity contribution in [2.75, 3.05) is 6.61 Å². The Bertz CT molecular complexity index is 1550. The van der Waals surface area contributed by atoms with E-state index in [1.165, 1.54) is 0 Å². The predicted octanol–water partition coefficient (Wildman–Crippen LogP) is 4.91. The highest BCUT2D eigenvalue weighted by Crippen LogP contribution is 2.32. The van der Waals surface area contributed by atoms with Crippen LogP contribution in [0.25, 0.3) is 28.2 Å². The maximum absolute atomic E-state index is 13.0. The van der Waals surface area contributed by atoms with Crippen molar-refractivity contribution in [2.24, 2.45) is 5.73 Å². The van der Waals surface area contributed by atoms with E-state index in [0.29, 0.717) is 40.1 Å². The summed E-state index contributed by atoms with van der Waals surface area (Å²) in [4.78, 5) is 39.3. The number of rotatable bonds is 7. The number of aromatic nitrogens is 4. The second kappa shape index (κ2) is 10.0. The molecule has 2 N–H and O–H groups in total. The van der Waals surface area contributed by atoms with Crippen molar-refractivity contribution in [1.29, 1.82) is 0 Å². The molecular formula is C27H21N5O3S. The van der Waals surface area contributed by atoms with Gasteiger partial charge < -0.3 is 10.5 Å². The van der Waals surface area contributed by atoms with Crippen LogP contribution in [0.4, 0.5) is 0 Å². The second-order valence-electron chi connectivity index (χ2n) is 7.71. The van der Waals surface area contributed by atoms with Gasteiger partial charge in [0.15, 0.2) is 22.3 Å². The molecule has 0 radical (unpaired) electrons. The number of thioether (sulfide) groups is 1. The molecule has 2 aromatic heterocycles. The molecule has 0 aliphatic carbocycles. The Hall–Kier alpha value is -4.50. The van der Waals surface area contributed by atoms with Gasteiger partial charge in [0.05, 0.1) is 6.61 Å². The summed E-state index contributed by atoms with van der Waals surface area (Å²) in [6, 6.07) is 25.6. The summed E-state index contributed by atoms with van der Waals surface area (Å²) in [6.45, 7) is 2.46. The van der Waals surface area contributed by atoms with Gasteiger partial charge in [-0.3, -0.25) is 14.2 Å². The number of carbonyl (C=O) groups excluding carboxylic acids is 2. The van der Waals surface area contributed by atoms with Crippen molar-refractivity contribution in [3.8, 4) is 22.8 Å². The number of hydrogen-bond acceptors (Lipinski definition) is 7. The second-order valence-corrected chi connectivity index (χ2v) is 8.65. The lowest BCUT2D eigenvalue weighted by Crippen LogP contribution is -2.15. The van der Waals surface area contributed by atoms with E-state index in [1.807, 2.05) is 67.6 Å². The maximum Gasteiger partial charge on any atom is 0.269 e. The van der Waals surface area contributed by atoms with Gasteiger partial charge in [0.1, 0.15) is 11.3 Å². The molecule has 8 nitrogen and oxygen atoms in total. The van der Waals surface area contributed by atoms with Gasteiger partial charge in [-0.05, 0) is 55.1 Å². The Morgan fingerprint density at radius 2 is 1.56 bits per heavy atom. The van der Waals surface area contributed by atoms with E-state index in [4.69, 9.17) is 15.5 Å². The number of fused-ring (bicyclic) bond motifs is 1. The first-order valence-electron chi connectivity index (χ1n) is 11.2. The Labute approximate surface area is 211 Å². The molecule has 0 fully saturated rings. The normalized spacial score (nSPS) is 10.9. The van der Waals surface area contributed by atoms with Crippen LogP contribution in [0, 0.1) is 0 Å². The molecule has 3 aromatic carbocycles. The van der Waals surface area contributed by atoms with Gasteiger partial charge in [-0.1, -0.05) is 48.5 Å². The number of hydrogen-bond donors (Lipinski definition) is 1. The lowest BCUT2D eigenvalue weighted by Gasteiger charge is -2.09. The van der Waals surface area contributed by atoms with Gasteiger partial charge in [-0.15, -0.1) is 0 Å². The Kier molecular flexibility index (Phi) is 6.46. The monoisotopic (exact) mass is 495 g/mol. The highest BCUT2D eigenvalue weighted by molar-refractivity contribution is 8.14. The van der Waals surface area contributed by atoms with E-state index in [1.54, 1.807) is 28.8 Å². The number of nitrogens with zero attached hydrogens (tertiary/aromatic N) is 4. The van der Waals surface area contributed by atoms with Crippen molar-refractivity contribution in [3.05, 3.63) is 96.2 Å². The van der Waals surface area contributed by atoms with Crippen LogP contribution in [-0.4, -0.2) is 37.1 Å². The lowest BCUT2D eigenvalue weighted by atomic mass is 10.2. The average molecular weight is 496 g/mol. The molecule has 0 unspecified atom stereocenters. The van der Waals surface area contributed by atoms with E-state index in [2.05, 4.69) is 9.97 Å². The molecule has 0 saturated carbocycles. The third-order valence-electron chi connectivity index (χ3n) is 5.34. The topological polar surface area (TPSA) is 113 Å². The summed E-state index contributed by atoms with van der Waals surface area (Å²) in [5, 5.41) is 0.161. The van der Waals surface area contributed by atoms with Crippen LogP contribution in [0.1, 0.15) is 27.8 Å². The van der Waals surface area contributed by atoms with E-state index in [-0.39, 0.29) is 16.3 Å².